The summed E-state index contributed by atoms with van der Waals surface area (Å²) < 4.78 is 2.11. The topological polar surface area (TPSA) is 61.7 Å². The van der Waals surface area contributed by atoms with Gasteiger partial charge in [-0.1, -0.05) is 19.1 Å². The molecule has 7 heteroatoms. The van der Waals surface area contributed by atoms with Crippen molar-refractivity contribution in [3.63, 3.8) is 0 Å². The van der Waals surface area contributed by atoms with E-state index in [4.69, 9.17) is 4.99 Å². The average molecular weight is 511 g/mol. The number of carbonyl (C=O) groups excluding carboxylic acids is 1. The van der Waals surface area contributed by atoms with Crippen molar-refractivity contribution in [3.8, 4) is 0 Å². The second kappa shape index (κ2) is 12.5. The Morgan fingerprint density at radius 2 is 1.90 bits per heavy atom. The lowest BCUT2D eigenvalue weighted by atomic mass is 10.1. The highest BCUT2D eigenvalue weighted by atomic mass is 127. The van der Waals surface area contributed by atoms with E-state index in [1.54, 1.807) is 0 Å². The van der Waals surface area contributed by atoms with Gasteiger partial charge in [0.25, 0.3) is 5.91 Å². The number of hydrogen-bond donors (Lipinski definition) is 2. The van der Waals surface area contributed by atoms with Crippen molar-refractivity contribution in [2.24, 2.45) is 12.0 Å². The van der Waals surface area contributed by atoms with Crippen LogP contribution in [0.25, 0.3) is 0 Å². The van der Waals surface area contributed by atoms with Gasteiger partial charge in [-0.05, 0) is 50.1 Å². The van der Waals surface area contributed by atoms with Crippen LogP contribution in [0.2, 0.25) is 0 Å². The summed E-state index contributed by atoms with van der Waals surface area (Å²) in [5, 5.41) is 6.33. The summed E-state index contributed by atoms with van der Waals surface area (Å²) in [7, 11) is 4.09. The monoisotopic (exact) mass is 511 g/mol. The van der Waals surface area contributed by atoms with Crippen molar-refractivity contribution in [3.05, 3.63) is 59.4 Å². The number of nitrogens with zero attached hydrogens (tertiary/aromatic N) is 3. The molecular weight excluding hydrogens is 477 g/mol. The van der Waals surface area contributed by atoms with Gasteiger partial charge in [0.1, 0.15) is 0 Å². The van der Waals surface area contributed by atoms with Crippen LogP contribution in [0.15, 0.2) is 47.6 Å². The van der Waals surface area contributed by atoms with Gasteiger partial charge in [-0.15, -0.1) is 24.0 Å². The van der Waals surface area contributed by atoms with Gasteiger partial charge in [-0.3, -0.25) is 4.79 Å². The van der Waals surface area contributed by atoms with Gasteiger partial charge < -0.3 is 20.1 Å². The Hall–Kier alpha value is -2.03. The van der Waals surface area contributed by atoms with Crippen molar-refractivity contribution >= 4 is 35.8 Å². The van der Waals surface area contributed by atoms with E-state index < -0.39 is 0 Å². The summed E-state index contributed by atoms with van der Waals surface area (Å²) >= 11 is 0. The molecule has 0 saturated heterocycles. The molecule has 29 heavy (non-hydrogen) atoms. The van der Waals surface area contributed by atoms with E-state index in [-0.39, 0.29) is 35.9 Å². The van der Waals surface area contributed by atoms with Gasteiger partial charge in [-0.25, -0.2) is 4.99 Å². The summed E-state index contributed by atoms with van der Waals surface area (Å²) in [5.41, 5.74) is 2.98. The summed E-state index contributed by atoms with van der Waals surface area (Å²) in [4.78, 5) is 19.1. The van der Waals surface area contributed by atoms with Crippen LogP contribution in [0, 0.1) is 0 Å². The quantitative estimate of drug-likeness (QED) is 0.322. The number of aryl methyl sites for hydroxylation is 1. The minimum absolute atomic E-state index is 0. The first-order valence-electron chi connectivity index (χ1n) is 9.94. The highest BCUT2D eigenvalue weighted by molar-refractivity contribution is 14.0. The first-order valence-corrected chi connectivity index (χ1v) is 9.94. The molecule has 160 valence electrons. The second-order valence-corrected chi connectivity index (χ2v) is 7.12. The van der Waals surface area contributed by atoms with Crippen LogP contribution in [0.5, 0.6) is 0 Å². The number of halogens is 1. The van der Waals surface area contributed by atoms with E-state index in [0.717, 1.165) is 31.0 Å². The maximum atomic E-state index is 12.2. The zero-order valence-corrected chi connectivity index (χ0v) is 20.4. The number of hydrogen-bond acceptors (Lipinski definition) is 2. The fourth-order valence-electron chi connectivity index (χ4n) is 2.79. The molecule has 2 rings (SSSR count). The molecule has 0 spiro atoms. The molecule has 0 aliphatic heterocycles. The van der Waals surface area contributed by atoms with Crippen LogP contribution in [-0.2, 0) is 20.1 Å². The number of carbonyl (C=O) groups is 1. The Kier molecular flexibility index (Phi) is 10.8. The number of amides is 1. The number of aromatic nitrogens is 1. The van der Waals surface area contributed by atoms with E-state index in [0.29, 0.717) is 12.1 Å². The predicted octanol–water partition coefficient (Wildman–Crippen LogP) is 3.77. The van der Waals surface area contributed by atoms with Crippen LogP contribution in [-0.4, -0.2) is 41.0 Å². The van der Waals surface area contributed by atoms with Gasteiger partial charge in [0, 0.05) is 44.1 Å². The molecule has 1 aromatic carbocycles. The molecule has 2 N–H and O–H groups in total. The summed E-state index contributed by atoms with van der Waals surface area (Å²) in [6.07, 6.45) is 2.97. The zero-order valence-electron chi connectivity index (χ0n) is 18.1. The van der Waals surface area contributed by atoms with Gasteiger partial charge >= 0.3 is 0 Å². The van der Waals surface area contributed by atoms with Crippen LogP contribution in [0.1, 0.15) is 48.8 Å². The van der Waals surface area contributed by atoms with Crippen molar-refractivity contribution in [1.82, 2.24) is 20.1 Å². The average Bonchev–Trinajstić information content (AvgIpc) is 3.09. The number of nitrogens with one attached hydrogen (secondary N) is 2. The molecule has 1 amide bonds. The normalized spacial score (nSPS) is 12.1. The van der Waals surface area contributed by atoms with Crippen molar-refractivity contribution in [1.29, 1.82) is 0 Å². The maximum Gasteiger partial charge on any atom is 0.251 e. The molecule has 0 aliphatic carbocycles. The van der Waals surface area contributed by atoms with Crippen molar-refractivity contribution in [2.75, 3.05) is 13.6 Å². The third-order valence-corrected chi connectivity index (χ3v) is 4.76. The Morgan fingerprint density at radius 1 is 1.21 bits per heavy atom. The summed E-state index contributed by atoms with van der Waals surface area (Å²) in [6.45, 7) is 8.29. The minimum atomic E-state index is -0.0277. The molecule has 1 heterocycles. The lowest BCUT2D eigenvalue weighted by molar-refractivity contribution is 0.0939. The second-order valence-electron chi connectivity index (χ2n) is 7.12. The van der Waals surface area contributed by atoms with E-state index in [9.17, 15) is 4.79 Å². The molecule has 6 nitrogen and oxygen atoms in total. The van der Waals surface area contributed by atoms with Crippen LogP contribution >= 0.6 is 24.0 Å². The Labute approximate surface area is 191 Å². The molecule has 0 radical (unpaired) electrons. The Morgan fingerprint density at radius 3 is 2.45 bits per heavy atom. The molecule has 0 bridgehead atoms. The van der Waals surface area contributed by atoms with Gasteiger partial charge in [-0.2, -0.15) is 0 Å². The highest BCUT2D eigenvalue weighted by Gasteiger charge is 2.10. The third-order valence-electron chi connectivity index (χ3n) is 4.76. The number of benzene rings is 1. The predicted molar refractivity (Wildman–Crippen MR) is 131 cm³/mol. The van der Waals surface area contributed by atoms with Crippen LogP contribution in [0.3, 0.4) is 0 Å². The third kappa shape index (κ3) is 7.72. The zero-order chi connectivity index (χ0) is 20.5. The number of rotatable bonds is 8. The fraction of sp³-hybridized carbons (Fsp3) is 0.455. The molecule has 1 atom stereocenters. The van der Waals surface area contributed by atoms with Gasteiger partial charge in [0.05, 0.1) is 13.1 Å². The summed E-state index contributed by atoms with van der Waals surface area (Å²) in [6, 6.07) is 12.0. The summed E-state index contributed by atoms with van der Waals surface area (Å²) in [5.74, 6) is 0.835. The molecule has 0 aliphatic rings. The van der Waals surface area contributed by atoms with Crippen LogP contribution < -0.4 is 10.6 Å². The molecular formula is C22H34IN5O. The van der Waals surface area contributed by atoms with Crippen molar-refractivity contribution < 1.29 is 4.79 Å². The van der Waals surface area contributed by atoms with Gasteiger partial charge in [0.15, 0.2) is 5.96 Å². The van der Waals surface area contributed by atoms with Crippen LogP contribution in [0.4, 0.5) is 0 Å². The molecule has 1 aromatic heterocycles. The lowest BCUT2D eigenvalue weighted by Gasteiger charge is -2.22. The minimum Gasteiger partial charge on any atom is -0.357 e. The fourth-order valence-corrected chi connectivity index (χ4v) is 2.79. The number of aliphatic imine (C=N–C) groups is 1. The van der Waals surface area contributed by atoms with E-state index in [2.05, 4.69) is 40.0 Å². The SMILES string of the molecule is CCNC(=NCc1ccc(C(=O)NC(C)CC)cc1)N(C)Cc1cccn1C.I. The molecule has 2 aromatic rings. The van der Waals surface area contributed by atoms with E-state index in [1.165, 1.54) is 5.69 Å². The molecule has 0 saturated carbocycles. The standard InChI is InChI=1S/C22H33N5O.HI/c1-6-17(3)25-21(28)19-12-10-18(11-13-19)15-24-22(23-7-2)27(5)16-20-9-8-14-26(20)4;/h8-14,17H,6-7,15-16H2,1-5H3,(H,23,24)(H,25,28);1H. The number of guanidine groups is 1. The largest absolute Gasteiger partial charge is 0.357 e. The first-order chi connectivity index (χ1) is 13.4. The Balaban J connectivity index is 0.00000420. The molecule has 1 unspecified atom stereocenters. The van der Waals surface area contributed by atoms with E-state index in [1.807, 2.05) is 57.5 Å². The Bertz CT molecular complexity index is 785. The highest BCUT2D eigenvalue weighted by Crippen LogP contribution is 2.08. The first kappa shape index (κ1) is 25.0. The van der Waals surface area contributed by atoms with Crippen molar-refractivity contribution in [2.45, 2.75) is 46.3 Å². The lowest BCUT2D eigenvalue weighted by Crippen LogP contribution is -2.38. The van der Waals surface area contributed by atoms with Gasteiger partial charge in [0.2, 0.25) is 0 Å². The molecule has 0 fully saturated rings. The maximum absolute atomic E-state index is 12.2. The smallest absolute Gasteiger partial charge is 0.251 e. The van der Waals surface area contributed by atoms with E-state index >= 15 is 0 Å².